The van der Waals surface area contributed by atoms with E-state index in [2.05, 4.69) is 31.9 Å². The standard InChI is InChI=1S/C20H30N6O3.HI/c1-21-19(22-9-12-26-18(27)14-24-20(26)28)23-13-16(25-10-5-6-11-25)15-7-3-4-8-17(15)29-2;/h3-4,7-8,16H,5-6,9-14H2,1-2H3,(H,24,28)(H2,21,22,23);1H. The molecule has 2 heterocycles. The first-order valence-electron chi connectivity index (χ1n) is 10.0. The number of para-hydroxylation sites is 1. The monoisotopic (exact) mass is 530 g/mol. The van der Waals surface area contributed by atoms with E-state index in [1.165, 1.54) is 17.7 Å². The van der Waals surface area contributed by atoms with Crippen molar-refractivity contribution in [2.75, 3.05) is 53.4 Å². The van der Waals surface area contributed by atoms with Crippen LogP contribution in [0.1, 0.15) is 24.4 Å². The zero-order chi connectivity index (χ0) is 20.6. The van der Waals surface area contributed by atoms with E-state index in [9.17, 15) is 9.59 Å². The van der Waals surface area contributed by atoms with Crippen molar-refractivity contribution in [3.8, 4) is 5.75 Å². The van der Waals surface area contributed by atoms with Crippen molar-refractivity contribution in [2.45, 2.75) is 18.9 Å². The van der Waals surface area contributed by atoms with Crippen molar-refractivity contribution < 1.29 is 14.3 Å². The van der Waals surface area contributed by atoms with Crippen LogP contribution in [0, 0.1) is 0 Å². The van der Waals surface area contributed by atoms with Crippen LogP contribution in [0.15, 0.2) is 29.3 Å². The van der Waals surface area contributed by atoms with E-state index in [-0.39, 0.29) is 48.5 Å². The minimum atomic E-state index is -0.343. The minimum Gasteiger partial charge on any atom is -0.496 e. The fraction of sp³-hybridized carbons (Fsp3) is 0.550. The van der Waals surface area contributed by atoms with Crippen LogP contribution in [-0.2, 0) is 4.79 Å². The molecule has 0 aliphatic carbocycles. The van der Waals surface area contributed by atoms with E-state index in [1.54, 1.807) is 14.2 Å². The van der Waals surface area contributed by atoms with E-state index < -0.39 is 0 Å². The molecular formula is C20H31IN6O3. The Bertz CT molecular complexity index is 738. The van der Waals surface area contributed by atoms with E-state index in [0.29, 0.717) is 25.6 Å². The van der Waals surface area contributed by atoms with Crippen molar-refractivity contribution in [2.24, 2.45) is 4.99 Å². The molecule has 3 amide bonds. The van der Waals surface area contributed by atoms with Gasteiger partial charge in [-0.25, -0.2) is 4.79 Å². The van der Waals surface area contributed by atoms with Gasteiger partial charge in [0, 0.05) is 32.2 Å². The van der Waals surface area contributed by atoms with Crippen LogP contribution >= 0.6 is 24.0 Å². The topological polar surface area (TPSA) is 98.3 Å². The molecule has 9 nitrogen and oxygen atoms in total. The zero-order valence-electron chi connectivity index (χ0n) is 17.5. The SMILES string of the molecule is CN=C(NCCN1C(=O)CNC1=O)NCC(c1ccccc1OC)N1CCCC1.I. The summed E-state index contributed by atoms with van der Waals surface area (Å²) in [4.78, 5) is 31.2. The molecule has 0 bridgehead atoms. The molecule has 0 aromatic heterocycles. The number of nitrogens with zero attached hydrogens (tertiary/aromatic N) is 3. The molecule has 1 aromatic rings. The van der Waals surface area contributed by atoms with Gasteiger partial charge in [-0.15, -0.1) is 24.0 Å². The summed E-state index contributed by atoms with van der Waals surface area (Å²) >= 11 is 0. The molecule has 2 aliphatic rings. The highest BCUT2D eigenvalue weighted by molar-refractivity contribution is 14.0. The molecule has 0 radical (unpaired) electrons. The smallest absolute Gasteiger partial charge is 0.324 e. The van der Waals surface area contributed by atoms with E-state index in [0.717, 1.165) is 24.4 Å². The third kappa shape index (κ3) is 5.97. The van der Waals surface area contributed by atoms with Crippen LogP contribution in [0.4, 0.5) is 4.79 Å². The van der Waals surface area contributed by atoms with Gasteiger partial charge in [0.2, 0.25) is 5.91 Å². The Morgan fingerprint density at radius 2 is 1.97 bits per heavy atom. The Hall–Kier alpha value is -2.08. The molecule has 166 valence electrons. The van der Waals surface area contributed by atoms with Crippen molar-refractivity contribution in [3.05, 3.63) is 29.8 Å². The molecule has 10 heteroatoms. The van der Waals surface area contributed by atoms with Gasteiger partial charge in [-0.1, -0.05) is 18.2 Å². The predicted molar refractivity (Wildman–Crippen MR) is 126 cm³/mol. The van der Waals surface area contributed by atoms with Crippen molar-refractivity contribution >= 4 is 41.9 Å². The number of hydrogen-bond donors (Lipinski definition) is 3. The van der Waals surface area contributed by atoms with Crippen molar-refractivity contribution in [1.29, 1.82) is 0 Å². The number of hydrogen-bond acceptors (Lipinski definition) is 5. The molecule has 2 fully saturated rings. The first-order valence-corrected chi connectivity index (χ1v) is 10.0. The summed E-state index contributed by atoms with van der Waals surface area (Å²) in [5, 5.41) is 9.08. The number of benzene rings is 1. The second kappa shape index (κ2) is 11.9. The van der Waals surface area contributed by atoms with Gasteiger partial charge in [0.15, 0.2) is 5.96 Å². The normalized spacial score (nSPS) is 18.1. The Balaban J connectivity index is 0.00000320. The highest BCUT2D eigenvalue weighted by atomic mass is 127. The number of guanidine groups is 1. The first kappa shape index (κ1) is 24.2. The predicted octanol–water partition coefficient (Wildman–Crippen LogP) is 1.17. The number of amides is 3. The van der Waals surface area contributed by atoms with Gasteiger partial charge in [0.05, 0.1) is 19.7 Å². The highest BCUT2D eigenvalue weighted by Crippen LogP contribution is 2.31. The van der Waals surface area contributed by atoms with Gasteiger partial charge in [-0.2, -0.15) is 0 Å². The Morgan fingerprint density at radius 1 is 1.23 bits per heavy atom. The second-order valence-corrected chi connectivity index (χ2v) is 7.08. The number of aliphatic imine (C=N–C) groups is 1. The lowest BCUT2D eigenvalue weighted by Gasteiger charge is -2.30. The highest BCUT2D eigenvalue weighted by Gasteiger charge is 2.28. The number of urea groups is 1. The van der Waals surface area contributed by atoms with Gasteiger partial charge >= 0.3 is 6.03 Å². The molecular weight excluding hydrogens is 499 g/mol. The van der Waals surface area contributed by atoms with Crippen molar-refractivity contribution in [3.63, 3.8) is 0 Å². The summed E-state index contributed by atoms with van der Waals surface area (Å²) in [6, 6.07) is 7.93. The number of halogens is 1. The van der Waals surface area contributed by atoms with Gasteiger partial charge < -0.3 is 20.7 Å². The maximum absolute atomic E-state index is 11.7. The summed E-state index contributed by atoms with van der Waals surface area (Å²) in [5.41, 5.74) is 1.15. The quantitative estimate of drug-likeness (QED) is 0.202. The average molecular weight is 530 g/mol. The van der Waals surface area contributed by atoms with E-state index in [1.807, 2.05) is 18.2 Å². The number of imide groups is 1. The summed E-state index contributed by atoms with van der Waals surface area (Å²) in [5.74, 6) is 1.31. The third-order valence-electron chi connectivity index (χ3n) is 5.33. The molecule has 30 heavy (non-hydrogen) atoms. The average Bonchev–Trinajstić information content (AvgIpc) is 3.38. The number of carbonyl (C=O) groups is 2. The van der Waals surface area contributed by atoms with Crippen LogP contribution in [0.5, 0.6) is 5.75 Å². The zero-order valence-corrected chi connectivity index (χ0v) is 19.8. The van der Waals surface area contributed by atoms with Crippen LogP contribution in [0.3, 0.4) is 0 Å². The second-order valence-electron chi connectivity index (χ2n) is 7.08. The molecule has 0 spiro atoms. The number of methoxy groups -OCH3 is 1. The maximum Gasteiger partial charge on any atom is 0.324 e. The Kier molecular flexibility index (Phi) is 9.63. The third-order valence-corrected chi connectivity index (χ3v) is 5.33. The first-order chi connectivity index (χ1) is 14.1. The minimum absolute atomic E-state index is 0. The molecule has 1 aromatic carbocycles. The van der Waals surface area contributed by atoms with E-state index >= 15 is 0 Å². The number of nitrogens with one attached hydrogen (secondary N) is 3. The van der Waals surface area contributed by atoms with Gasteiger partial charge in [-0.05, 0) is 32.0 Å². The number of ether oxygens (including phenoxy) is 1. The number of likely N-dealkylation sites (tertiary alicyclic amines) is 1. The number of rotatable bonds is 8. The van der Waals surface area contributed by atoms with Crippen LogP contribution in [0.25, 0.3) is 0 Å². The Labute approximate surface area is 194 Å². The molecule has 3 rings (SSSR count). The lowest BCUT2D eigenvalue weighted by Crippen LogP contribution is -2.45. The number of carbonyl (C=O) groups excluding carboxylic acids is 2. The summed E-state index contributed by atoms with van der Waals surface area (Å²) < 4.78 is 5.59. The van der Waals surface area contributed by atoms with Crippen LogP contribution < -0.4 is 20.7 Å². The van der Waals surface area contributed by atoms with Gasteiger partial charge in [0.1, 0.15) is 5.75 Å². The molecule has 1 unspecified atom stereocenters. The van der Waals surface area contributed by atoms with E-state index in [4.69, 9.17) is 4.74 Å². The molecule has 3 N–H and O–H groups in total. The molecule has 1 atom stereocenters. The lowest BCUT2D eigenvalue weighted by atomic mass is 10.0. The van der Waals surface area contributed by atoms with Gasteiger partial charge in [-0.3, -0.25) is 19.6 Å². The Morgan fingerprint density at radius 3 is 2.60 bits per heavy atom. The maximum atomic E-state index is 11.7. The van der Waals surface area contributed by atoms with Crippen LogP contribution in [0.2, 0.25) is 0 Å². The van der Waals surface area contributed by atoms with Gasteiger partial charge in [0.25, 0.3) is 0 Å². The van der Waals surface area contributed by atoms with Crippen molar-refractivity contribution in [1.82, 2.24) is 25.8 Å². The molecule has 0 saturated carbocycles. The fourth-order valence-electron chi connectivity index (χ4n) is 3.81. The molecule has 2 aliphatic heterocycles. The van der Waals surface area contributed by atoms with Crippen LogP contribution in [-0.4, -0.2) is 81.1 Å². The largest absolute Gasteiger partial charge is 0.496 e. The summed E-state index contributed by atoms with van der Waals surface area (Å²) in [6.07, 6.45) is 2.40. The summed E-state index contributed by atoms with van der Waals surface area (Å²) in [6.45, 7) is 3.59. The summed E-state index contributed by atoms with van der Waals surface area (Å²) in [7, 11) is 3.40. The molecule has 2 saturated heterocycles. The lowest BCUT2D eigenvalue weighted by molar-refractivity contribution is -0.124. The fourth-order valence-corrected chi connectivity index (χ4v) is 3.81.